The maximum absolute atomic E-state index is 8.70. The summed E-state index contributed by atoms with van der Waals surface area (Å²) in [4.78, 5) is 2.19. The normalized spacial score (nSPS) is 11.0. The molecule has 2 heteroatoms. The number of nitrogens with zero attached hydrogens (tertiary/aromatic N) is 1. The summed E-state index contributed by atoms with van der Waals surface area (Å²) in [6.07, 6.45) is 1.87. The molecule has 0 aliphatic rings. The molecule has 11 heavy (non-hydrogen) atoms. The van der Waals surface area contributed by atoms with E-state index in [0.717, 1.165) is 19.6 Å². The van der Waals surface area contributed by atoms with E-state index in [4.69, 9.17) is 5.11 Å². The van der Waals surface area contributed by atoms with Gasteiger partial charge in [-0.15, -0.1) is 6.58 Å². The molecule has 0 bridgehead atoms. The average Bonchev–Trinajstić information content (AvgIpc) is 1.87. The highest BCUT2D eigenvalue weighted by Gasteiger charge is 2.03. The van der Waals surface area contributed by atoms with E-state index in [1.165, 1.54) is 0 Å². The quantitative estimate of drug-likeness (QED) is 0.584. The minimum absolute atomic E-state index is 0.237. The van der Waals surface area contributed by atoms with Gasteiger partial charge in [0.15, 0.2) is 0 Å². The predicted octanol–water partition coefficient (Wildman–Crippen LogP) is 1.12. The van der Waals surface area contributed by atoms with Crippen LogP contribution in [0, 0.1) is 5.92 Å². The summed E-state index contributed by atoms with van der Waals surface area (Å²) >= 11 is 0. The highest BCUT2D eigenvalue weighted by molar-refractivity contribution is 4.73. The first-order valence-electron chi connectivity index (χ1n) is 4.14. The van der Waals surface area contributed by atoms with Crippen LogP contribution in [-0.2, 0) is 0 Å². The number of hydrogen-bond acceptors (Lipinski definition) is 2. The Labute approximate surface area is 69.5 Å². The molecule has 0 aromatic rings. The van der Waals surface area contributed by atoms with E-state index in [2.05, 4.69) is 25.3 Å². The molecule has 0 atom stereocenters. The molecule has 0 spiro atoms. The molecule has 0 rings (SSSR count). The zero-order valence-electron chi connectivity index (χ0n) is 7.58. The Balaban J connectivity index is 3.58. The summed E-state index contributed by atoms with van der Waals surface area (Å²) in [7, 11) is 0. The zero-order valence-corrected chi connectivity index (χ0v) is 7.58. The first-order chi connectivity index (χ1) is 5.20. The van der Waals surface area contributed by atoms with Crippen LogP contribution in [0.2, 0.25) is 0 Å². The topological polar surface area (TPSA) is 23.5 Å². The van der Waals surface area contributed by atoms with Crippen molar-refractivity contribution in [2.45, 2.75) is 13.8 Å². The van der Waals surface area contributed by atoms with Crippen molar-refractivity contribution in [2.24, 2.45) is 5.92 Å². The minimum Gasteiger partial charge on any atom is -0.395 e. The van der Waals surface area contributed by atoms with Gasteiger partial charge >= 0.3 is 0 Å². The first-order valence-corrected chi connectivity index (χ1v) is 4.14. The molecule has 0 saturated heterocycles. The van der Waals surface area contributed by atoms with Gasteiger partial charge in [0.2, 0.25) is 0 Å². The van der Waals surface area contributed by atoms with E-state index >= 15 is 0 Å². The van der Waals surface area contributed by atoms with Crippen LogP contribution in [0.5, 0.6) is 0 Å². The SMILES string of the molecule is C=CCN(CCO)CC(C)C. The van der Waals surface area contributed by atoms with Gasteiger partial charge in [0, 0.05) is 19.6 Å². The molecule has 0 aliphatic heterocycles. The fourth-order valence-corrected chi connectivity index (χ4v) is 1.10. The van der Waals surface area contributed by atoms with Crippen molar-refractivity contribution in [3.8, 4) is 0 Å². The Morgan fingerprint density at radius 3 is 2.55 bits per heavy atom. The number of rotatable bonds is 6. The fourth-order valence-electron chi connectivity index (χ4n) is 1.10. The molecule has 0 unspecified atom stereocenters. The van der Waals surface area contributed by atoms with E-state index in [9.17, 15) is 0 Å². The van der Waals surface area contributed by atoms with Gasteiger partial charge in [-0.1, -0.05) is 19.9 Å². The second-order valence-electron chi connectivity index (χ2n) is 3.17. The predicted molar refractivity (Wildman–Crippen MR) is 48.6 cm³/mol. The molecule has 0 aromatic carbocycles. The van der Waals surface area contributed by atoms with Gasteiger partial charge in [0.1, 0.15) is 0 Å². The molecule has 0 heterocycles. The van der Waals surface area contributed by atoms with Crippen molar-refractivity contribution in [2.75, 3.05) is 26.2 Å². The Hall–Kier alpha value is -0.340. The standard InChI is InChI=1S/C9H19NO/c1-4-5-10(6-7-11)8-9(2)3/h4,9,11H,1,5-8H2,2-3H3. The second-order valence-corrected chi connectivity index (χ2v) is 3.17. The summed E-state index contributed by atoms with van der Waals surface area (Å²) in [5, 5.41) is 8.70. The fraction of sp³-hybridized carbons (Fsp3) is 0.778. The highest BCUT2D eigenvalue weighted by atomic mass is 16.3. The smallest absolute Gasteiger partial charge is 0.0558 e. The Bertz CT molecular complexity index is 102. The summed E-state index contributed by atoms with van der Waals surface area (Å²) < 4.78 is 0. The van der Waals surface area contributed by atoms with Gasteiger partial charge in [0.05, 0.1) is 6.61 Å². The summed E-state index contributed by atoms with van der Waals surface area (Å²) in [5.74, 6) is 0.654. The van der Waals surface area contributed by atoms with Gasteiger partial charge in [0.25, 0.3) is 0 Å². The van der Waals surface area contributed by atoms with Gasteiger partial charge in [-0.2, -0.15) is 0 Å². The molecule has 66 valence electrons. The van der Waals surface area contributed by atoms with Crippen LogP contribution in [0.15, 0.2) is 12.7 Å². The van der Waals surface area contributed by atoms with Gasteiger partial charge in [-0.3, -0.25) is 4.90 Å². The lowest BCUT2D eigenvalue weighted by atomic mass is 10.2. The second kappa shape index (κ2) is 6.38. The van der Waals surface area contributed by atoms with Crippen molar-refractivity contribution < 1.29 is 5.11 Å². The van der Waals surface area contributed by atoms with Crippen molar-refractivity contribution in [3.63, 3.8) is 0 Å². The van der Waals surface area contributed by atoms with Crippen molar-refractivity contribution >= 4 is 0 Å². The molecule has 1 N–H and O–H groups in total. The molecular weight excluding hydrogens is 138 g/mol. The lowest BCUT2D eigenvalue weighted by Crippen LogP contribution is -2.30. The lowest BCUT2D eigenvalue weighted by Gasteiger charge is -2.21. The van der Waals surface area contributed by atoms with Gasteiger partial charge in [-0.25, -0.2) is 0 Å². The minimum atomic E-state index is 0.237. The average molecular weight is 157 g/mol. The Kier molecular flexibility index (Phi) is 6.18. The van der Waals surface area contributed by atoms with Crippen molar-refractivity contribution in [1.82, 2.24) is 4.90 Å². The monoisotopic (exact) mass is 157 g/mol. The number of hydrogen-bond donors (Lipinski definition) is 1. The van der Waals surface area contributed by atoms with E-state index in [-0.39, 0.29) is 6.61 Å². The van der Waals surface area contributed by atoms with Crippen LogP contribution in [-0.4, -0.2) is 36.2 Å². The third-order valence-corrected chi connectivity index (χ3v) is 1.43. The van der Waals surface area contributed by atoms with Crippen LogP contribution >= 0.6 is 0 Å². The largest absolute Gasteiger partial charge is 0.395 e. The molecule has 0 fully saturated rings. The van der Waals surface area contributed by atoms with Crippen molar-refractivity contribution in [1.29, 1.82) is 0 Å². The third-order valence-electron chi connectivity index (χ3n) is 1.43. The van der Waals surface area contributed by atoms with Crippen molar-refractivity contribution in [3.05, 3.63) is 12.7 Å². The number of aliphatic hydroxyl groups is 1. The van der Waals surface area contributed by atoms with E-state index in [1.807, 2.05) is 6.08 Å². The van der Waals surface area contributed by atoms with Gasteiger partial charge in [-0.05, 0) is 5.92 Å². The van der Waals surface area contributed by atoms with E-state index in [1.54, 1.807) is 0 Å². The molecule has 0 saturated carbocycles. The lowest BCUT2D eigenvalue weighted by molar-refractivity contribution is 0.195. The summed E-state index contributed by atoms with van der Waals surface area (Å²) in [6, 6.07) is 0. The Morgan fingerprint density at radius 1 is 1.55 bits per heavy atom. The van der Waals surface area contributed by atoms with E-state index in [0.29, 0.717) is 5.92 Å². The van der Waals surface area contributed by atoms with Crippen LogP contribution in [0.25, 0.3) is 0 Å². The maximum atomic E-state index is 8.70. The first kappa shape index (κ1) is 10.7. The summed E-state index contributed by atoms with van der Waals surface area (Å²) in [5.41, 5.74) is 0. The number of aliphatic hydroxyl groups excluding tert-OH is 1. The van der Waals surface area contributed by atoms with E-state index < -0.39 is 0 Å². The zero-order chi connectivity index (χ0) is 8.69. The highest BCUT2D eigenvalue weighted by Crippen LogP contribution is 1.97. The van der Waals surface area contributed by atoms with Crippen LogP contribution in [0.1, 0.15) is 13.8 Å². The molecule has 0 amide bonds. The third kappa shape index (κ3) is 6.07. The molecule has 2 nitrogen and oxygen atoms in total. The molecule has 0 aromatic heterocycles. The molecular formula is C9H19NO. The van der Waals surface area contributed by atoms with Gasteiger partial charge < -0.3 is 5.11 Å². The van der Waals surface area contributed by atoms with Crippen LogP contribution in [0.3, 0.4) is 0 Å². The Morgan fingerprint density at radius 2 is 2.18 bits per heavy atom. The molecule has 0 radical (unpaired) electrons. The van der Waals surface area contributed by atoms with Crippen LogP contribution < -0.4 is 0 Å². The summed E-state index contributed by atoms with van der Waals surface area (Å²) in [6.45, 7) is 10.9. The van der Waals surface area contributed by atoms with Crippen LogP contribution in [0.4, 0.5) is 0 Å². The molecule has 0 aliphatic carbocycles. The maximum Gasteiger partial charge on any atom is 0.0558 e.